The number of aryl methyl sites for hydroxylation is 1. The van der Waals surface area contributed by atoms with E-state index >= 15 is 0 Å². The minimum absolute atomic E-state index is 0.145. The molecule has 3 heterocycles. The summed E-state index contributed by atoms with van der Waals surface area (Å²) in [5, 5.41) is 15.9. The van der Waals surface area contributed by atoms with Crippen LogP contribution in [0.2, 0.25) is 0 Å². The maximum Gasteiger partial charge on any atom is 0.239 e. The van der Waals surface area contributed by atoms with E-state index in [0.29, 0.717) is 17.9 Å². The van der Waals surface area contributed by atoms with Crippen molar-refractivity contribution in [2.45, 2.75) is 33.7 Å². The highest BCUT2D eigenvalue weighted by Gasteiger charge is 2.22. The number of benzene rings is 1. The number of carbonyl (C=O) groups is 1. The normalized spacial score (nSPS) is 14.6. The Balaban J connectivity index is 1.45. The lowest BCUT2D eigenvalue weighted by Gasteiger charge is -2.21. The van der Waals surface area contributed by atoms with Gasteiger partial charge in [0.05, 0.1) is 17.8 Å². The van der Waals surface area contributed by atoms with Gasteiger partial charge < -0.3 is 14.8 Å². The van der Waals surface area contributed by atoms with E-state index in [1.165, 1.54) is 12.1 Å². The number of hydrogen-bond donors (Lipinski definition) is 1. The first kappa shape index (κ1) is 23.9. The van der Waals surface area contributed by atoms with Crippen molar-refractivity contribution in [1.82, 2.24) is 14.5 Å². The molecule has 0 atom stereocenters. The van der Waals surface area contributed by atoms with Crippen LogP contribution in [0.5, 0.6) is 0 Å². The van der Waals surface area contributed by atoms with Crippen molar-refractivity contribution in [3.8, 4) is 6.07 Å². The zero-order valence-electron chi connectivity index (χ0n) is 19.8. The first-order valence-electron chi connectivity index (χ1n) is 11.4. The van der Waals surface area contributed by atoms with Gasteiger partial charge in [-0.15, -0.1) is 11.3 Å². The Kier molecular flexibility index (Phi) is 7.29. The van der Waals surface area contributed by atoms with Crippen molar-refractivity contribution >= 4 is 28.2 Å². The number of anilines is 2. The summed E-state index contributed by atoms with van der Waals surface area (Å²) >= 11 is 1.66. The minimum atomic E-state index is -0.295. The molecule has 1 aliphatic rings. The number of carbonyl (C=O) groups excluding carboxylic acids is 1. The predicted molar refractivity (Wildman–Crippen MR) is 133 cm³/mol. The van der Waals surface area contributed by atoms with Crippen LogP contribution in [0.1, 0.15) is 34.5 Å². The first-order chi connectivity index (χ1) is 16.4. The quantitative estimate of drug-likeness (QED) is 0.575. The van der Waals surface area contributed by atoms with Crippen LogP contribution in [-0.2, 0) is 11.3 Å². The van der Waals surface area contributed by atoms with Gasteiger partial charge in [-0.25, -0.2) is 9.37 Å². The molecular weight excluding hydrogens is 451 g/mol. The van der Waals surface area contributed by atoms with Crippen LogP contribution in [0.4, 0.5) is 15.3 Å². The predicted octanol–water partition coefficient (Wildman–Crippen LogP) is 4.08. The van der Waals surface area contributed by atoms with E-state index in [2.05, 4.69) is 31.5 Å². The molecule has 0 saturated carbocycles. The summed E-state index contributed by atoms with van der Waals surface area (Å²) in [6.45, 7) is 9.85. The molecule has 1 N–H and O–H groups in total. The summed E-state index contributed by atoms with van der Waals surface area (Å²) < 4.78 is 15.3. The van der Waals surface area contributed by atoms with Crippen molar-refractivity contribution in [3.63, 3.8) is 0 Å². The van der Waals surface area contributed by atoms with Crippen LogP contribution in [-0.4, -0.2) is 53.1 Å². The van der Waals surface area contributed by atoms with Gasteiger partial charge in [0.1, 0.15) is 17.7 Å². The number of amides is 1. The van der Waals surface area contributed by atoms with E-state index in [1.807, 2.05) is 25.3 Å². The maximum absolute atomic E-state index is 13.3. The van der Waals surface area contributed by atoms with Gasteiger partial charge in [-0.2, -0.15) is 5.26 Å². The third kappa shape index (κ3) is 5.29. The van der Waals surface area contributed by atoms with Gasteiger partial charge in [-0.3, -0.25) is 9.69 Å². The molecule has 1 aliphatic heterocycles. The lowest BCUT2D eigenvalue weighted by molar-refractivity contribution is -0.117. The molecule has 4 rings (SSSR count). The Hall–Kier alpha value is -3.22. The zero-order chi connectivity index (χ0) is 24.2. The van der Waals surface area contributed by atoms with Crippen LogP contribution in [0.25, 0.3) is 0 Å². The lowest BCUT2D eigenvalue weighted by Crippen LogP contribution is -2.36. The number of thiazole rings is 1. The Labute approximate surface area is 203 Å². The molecule has 34 heavy (non-hydrogen) atoms. The number of hydrogen-bond acceptors (Lipinski definition) is 6. The second-order valence-electron chi connectivity index (χ2n) is 8.69. The standard InChI is InChI=1S/C25H29FN6OS/c1-17-16-34-25(28-17)31-10-4-9-30(11-12-31)15-23(33)29-24-22(13-27)18(2)19(3)32(24)14-20-5-7-21(26)8-6-20/h5-8,16H,4,9-12,14-15H2,1-3H3,(H,29,33). The van der Waals surface area contributed by atoms with Gasteiger partial charge in [0.15, 0.2) is 5.13 Å². The minimum Gasteiger partial charge on any atom is -0.347 e. The number of rotatable bonds is 6. The molecule has 1 aromatic carbocycles. The number of nitriles is 1. The van der Waals surface area contributed by atoms with Crippen molar-refractivity contribution < 1.29 is 9.18 Å². The van der Waals surface area contributed by atoms with Gasteiger partial charge in [-0.05, 0) is 50.5 Å². The smallest absolute Gasteiger partial charge is 0.239 e. The third-order valence-electron chi connectivity index (χ3n) is 6.29. The van der Waals surface area contributed by atoms with Crippen LogP contribution in [0, 0.1) is 37.9 Å². The van der Waals surface area contributed by atoms with Gasteiger partial charge in [0.2, 0.25) is 5.91 Å². The number of nitrogens with zero attached hydrogens (tertiary/aromatic N) is 5. The Morgan fingerprint density at radius 3 is 2.62 bits per heavy atom. The Morgan fingerprint density at radius 2 is 1.94 bits per heavy atom. The number of halogens is 1. The first-order valence-corrected chi connectivity index (χ1v) is 12.3. The molecule has 3 aromatic rings. The van der Waals surface area contributed by atoms with E-state index in [4.69, 9.17) is 0 Å². The Morgan fingerprint density at radius 1 is 1.18 bits per heavy atom. The highest BCUT2D eigenvalue weighted by molar-refractivity contribution is 7.13. The fourth-order valence-corrected chi connectivity index (χ4v) is 5.14. The molecule has 0 radical (unpaired) electrons. The van der Waals surface area contributed by atoms with E-state index in [-0.39, 0.29) is 18.3 Å². The summed E-state index contributed by atoms with van der Waals surface area (Å²) in [6.07, 6.45) is 0.953. The molecule has 2 aromatic heterocycles. The van der Waals surface area contributed by atoms with Crippen molar-refractivity contribution in [3.05, 3.63) is 63.5 Å². The highest BCUT2D eigenvalue weighted by atomic mass is 32.1. The van der Waals surface area contributed by atoms with Crippen LogP contribution in [0.3, 0.4) is 0 Å². The topological polar surface area (TPSA) is 77.2 Å². The molecule has 0 spiro atoms. The summed E-state index contributed by atoms with van der Waals surface area (Å²) in [5.74, 6) is 0.0610. The fraction of sp³-hybridized carbons (Fsp3) is 0.400. The van der Waals surface area contributed by atoms with Gasteiger partial charge >= 0.3 is 0 Å². The monoisotopic (exact) mass is 480 g/mol. The van der Waals surface area contributed by atoms with E-state index in [9.17, 15) is 14.4 Å². The molecule has 7 nitrogen and oxygen atoms in total. The van der Waals surface area contributed by atoms with E-state index in [0.717, 1.165) is 60.2 Å². The summed E-state index contributed by atoms with van der Waals surface area (Å²) in [4.78, 5) is 22.1. The lowest BCUT2D eigenvalue weighted by atomic mass is 10.2. The molecule has 9 heteroatoms. The molecule has 1 saturated heterocycles. The fourth-order valence-electron chi connectivity index (χ4n) is 4.28. The average Bonchev–Trinajstić information content (AvgIpc) is 3.23. The Bertz CT molecular complexity index is 1210. The number of nitrogens with one attached hydrogen (secondary N) is 1. The van der Waals surface area contributed by atoms with Gasteiger partial charge in [-0.1, -0.05) is 12.1 Å². The van der Waals surface area contributed by atoms with Crippen LogP contribution < -0.4 is 10.2 Å². The molecule has 0 unspecified atom stereocenters. The molecule has 1 fully saturated rings. The summed E-state index contributed by atoms with van der Waals surface area (Å²) in [7, 11) is 0. The third-order valence-corrected chi connectivity index (χ3v) is 7.31. The van der Waals surface area contributed by atoms with Gasteiger partial charge in [0, 0.05) is 43.8 Å². The molecule has 178 valence electrons. The highest BCUT2D eigenvalue weighted by Crippen LogP contribution is 2.27. The molecule has 1 amide bonds. The van der Waals surface area contributed by atoms with Gasteiger partial charge in [0.25, 0.3) is 0 Å². The number of aromatic nitrogens is 2. The van der Waals surface area contributed by atoms with Crippen molar-refractivity contribution in [2.75, 3.05) is 42.9 Å². The molecular formula is C25H29FN6OS. The molecule has 0 aliphatic carbocycles. The van der Waals surface area contributed by atoms with Crippen molar-refractivity contribution in [2.24, 2.45) is 0 Å². The largest absolute Gasteiger partial charge is 0.347 e. The molecule has 0 bridgehead atoms. The van der Waals surface area contributed by atoms with Crippen LogP contribution >= 0.6 is 11.3 Å². The SMILES string of the molecule is Cc1csc(N2CCCN(CC(=O)Nc3c(C#N)c(C)c(C)n3Cc3ccc(F)cc3)CC2)n1. The second-order valence-corrected chi connectivity index (χ2v) is 9.53. The van der Waals surface area contributed by atoms with Crippen molar-refractivity contribution in [1.29, 1.82) is 5.26 Å². The maximum atomic E-state index is 13.3. The summed E-state index contributed by atoms with van der Waals surface area (Å²) in [6, 6.07) is 8.51. The van der Waals surface area contributed by atoms with Crippen LogP contribution in [0.15, 0.2) is 29.6 Å². The van der Waals surface area contributed by atoms with E-state index < -0.39 is 0 Å². The average molecular weight is 481 g/mol. The summed E-state index contributed by atoms with van der Waals surface area (Å²) in [5.41, 5.74) is 4.13. The zero-order valence-corrected chi connectivity index (χ0v) is 20.6. The van der Waals surface area contributed by atoms with E-state index in [1.54, 1.807) is 23.5 Å². The second kappa shape index (κ2) is 10.4.